The van der Waals surface area contributed by atoms with Crippen molar-refractivity contribution < 1.29 is 4.74 Å². The Bertz CT molecular complexity index is 836. The molecular weight excluding hydrogens is 444 g/mol. The molecule has 0 heterocycles. The fourth-order valence-corrected chi connectivity index (χ4v) is 4.75. The van der Waals surface area contributed by atoms with Gasteiger partial charge in [0.1, 0.15) is 5.75 Å². The van der Waals surface area contributed by atoms with Gasteiger partial charge in [0.15, 0.2) is 0 Å². The second-order valence-electron chi connectivity index (χ2n) is 9.87. The van der Waals surface area contributed by atoms with Gasteiger partial charge in [0.25, 0.3) is 0 Å². The van der Waals surface area contributed by atoms with Gasteiger partial charge in [-0.1, -0.05) is 152 Å². The van der Waals surface area contributed by atoms with Crippen LogP contribution >= 0.6 is 12.2 Å². The lowest BCUT2D eigenvalue weighted by Crippen LogP contribution is -1.94. The first-order valence-electron chi connectivity index (χ1n) is 14.2. The summed E-state index contributed by atoms with van der Waals surface area (Å²) in [6.45, 7) is 2.29. The molecule has 2 aromatic rings. The predicted octanol–water partition coefficient (Wildman–Crippen LogP) is 10.5. The highest BCUT2D eigenvalue weighted by Crippen LogP contribution is 2.16. The molecule has 2 heteroatoms. The number of hydrogen-bond acceptors (Lipinski definition) is 2. The van der Waals surface area contributed by atoms with Crippen LogP contribution in [0.5, 0.6) is 5.75 Å². The standard InChI is InChI=1S/C33H48OS/c1-3-4-5-6-7-8-9-10-11-12-13-14-15-16-17-19-29-22-25-31(26-23-29)33(35)27-24-30-20-18-21-32(28-30)34-2/h18,20-28H,3-17,19H2,1-2H3. The zero-order chi connectivity index (χ0) is 25.0. The summed E-state index contributed by atoms with van der Waals surface area (Å²) in [5.74, 6) is 0.862. The van der Waals surface area contributed by atoms with Crippen molar-refractivity contribution in [2.24, 2.45) is 0 Å². The van der Waals surface area contributed by atoms with Crippen molar-refractivity contribution in [3.63, 3.8) is 0 Å². The van der Waals surface area contributed by atoms with Crippen molar-refractivity contribution in [1.82, 2.24) is 0 Å². The molecule has 0 N–H and O–H groups in total. The number of methoxy groups -OCH3 is 1. The van der Waals surface area contributed by atoms with E-state index >= 15 is 0 Å². The molecule has 0 amide bonds. The van der Waals surface area contributed by atoms with Gasteiger partial charge < -0.3 is 4.74 Å². The van der Waals surface area contributed by atoms with E-state index in [-0.39, 0.29) is 0 Å². The fourth-order valence-electron chi connectivity index (χ4n) is 4.55. The zero-order valence-electron chi connectivity index (χ0n) is 22.4. The molecule has 0 unspecified atom stereocenters. The van der Waals surface area contributed by atoms with Gasteiger partial charge in [0.05, 0.1) is 7.11 Å². The topological polar surface area (TPSA) is 9.23 Å². The van der Waals surface area contributed by atoms with Gasteiger partial charge in [-0.3, -0.25) is 0 Å². The zero-order valence-corrected chi connectivity index (χ0v) is 23.2. The predicted molar refractivity (Wildman–Crippen MR) is 159 cm³/mol. The van der Waals surface area contributed by atoms with Crippen molar-refractivity contribution in [2.45, 2.75) is 110 Å². The Morgan fingerprint density at radius 1 is 0.714 bits per heavy atom. The number of ether oxygens (including phenoxy) is 1. The van der Waals surface area contributed by atoms with E-state index in [1.165, 1.54) is 108 Å². The molecule has 192 valence electrons. The molecule has 0 atom stereocenters. The summed E-state index contributed by atoms with van der Waals surface area (Å²) in [5.41, 5.74) is 3.62. The van der Waals surface area contributed by atoms with Gasteiger partial charge in [-0.15, -0.1) is 0 Å². The van der Waals surface area contributed by atoms with Crippen LogP contribution in [-0.4, -0.2) is 12.0 Å². The lowest BCUT2D eigenvalue weighted by Gasteiger charge is -2.05. The maximum atomic E-state index is 5.61. The minimum Gasteiger partial charge on any atom is -0.497 e. The monoisotopic (exact) mass is 492 g/mol. The number of benzene rings is 2. The Labute approximate surface area is 221 Å². The van der Waals surface area contributed by atoms with Gasteiger partial charge >= 0.3 is 0 Å². The number of hydrogen-bond donors (Lipinski definition) is 0. The van der Waals surface area contributed by atoms with Crippen LogP contribution in [0.3, 0.4) is 0 Å². The van der Waals surface area contributed by atoms with E-state index in [1.54, 1.807) is 7.11 Å². The van der Waals surface area contributed by atoms with Crippen LogP contribution in [-0.2, 0) is 6.42 Å². The number of aryl methyl sites for hydroxylation is 1. The Kier molecular flexibility index (Phi) is 16.1. The molecule has 0 aliphatic carbocycles. The first-order valence-corrected chi connectivity index (χ1v) is 14.6. The molecule has 2 rings (SSSR count). The second kappa shape index (κ2) is 19.3. The quantitative estimate of drug-likeness (QED) is 0.0786. The molecule has 0 radical (unpaired) electrons. The molecule has 35 heavy (non-hydrogen) atoms. The number of allylic oxidation sites excluding steroid dienone is 1. The highest BCUT2D eigenvalue weighted by atomic mass is 32.1. The van der Waals surface area contributed by atoms with Crippen LogP contribution in [0.15, 0.2) is 54.6 Å². The highest BCUT2D eigenvalue weighted by molar-refractivity contribution is 7.81. The van der Waals surface area contributed by atoms with E-state index in [9.17, 15) is 0 Å². The van der Waals surface area contributed by atoms with Crippen molar-refractivity contribution in [1.29, 1.82) is 0 Å². The van der Waals surface area contributed by atoms with Crippen molar-refractivity contribution in [2.75, 3.05) is 7.11 Å². The maximum absolute atomic E-state index is 5.61. The normalized spacial score (nSPS) is 11.3. The van der Waals surface area contributed by atoms with Crippen molar-refractivity contribution >= 4 is 23.2 Å². The Morgan fingerprint density at radius 2 is 1.26 bits per heavy atom. The summed E-state index contributed by atoms with van der Waals surface area (Å²) in [7, 11) is 1.69. The minimum atomic E-state index is 0.862. The molecule has 0 aliphatic heterocycles. The van der Waals surface area contributed by atoms with Gasteiger partial charge in [0, 0.05) is 4.86 Å². The smallest absolute Gasteiger partial charge is 0.119 e. The molecule has 2 aromatic carbocycles. The Hall–Kier alpha value is -1.93. The number of unbranched alkanes of at least 4 members (excludes halogenated alkanes) is 14. The van der Waals surface area contributed by atoms with Gasteiger partial charge in [0.2, 0.25) is 0 Å². The lowest BCUT2D eigenvalue weighted by atomic mass is 10.0. The number of thiocarbonyl (C=S) groups is 1. The molecule has 0 fully saturated rings. The van der Waals surface area contributed by atoms with Crippen LogP contribution in [0.4, 0.5) is 0 Å². The number of rotatable bonds is 20. The third-order valence-electron chi connectivity index (χ3n) is 6.83. The summed E-state index contributed by atoms with van der Waals surface area (Å²) >= 11 is 5.61. The van der Waals surface area contributed by atoms with Crippen LogP contribution in [0.1, 0.15) is 120 Å². The molecular formula is C33H48OS. The molecule has 0 bridgehead atoms. The van der Waals surface area contributed by atoms with Crippen LogP contribution in [0, 0.1) is 0 Å². The van der Waals surface area contributed by atoms with Crippen LogP contribution in [0.2, 0.25) is 0 Å². The molecule has 0 saturated heterocycles. The van der Waals surface area contributed by atoms with Crippen LogP contribution < -0.4 is 4.74 Å². The molecule has 0 spiro atoms. The van der Waals surface area contributed by atoms with E-state index < -0.39 is 0 Å². The van der Waals surface area contributed by atoms with E-state index in [2.05, 4.69) is 37.3 Å². The fraction of sp³-hybridized carbons (Fsp3) is 0.545. The van der Waals surface area contributed by atoms with Crippen molar-refractivity contribution in [3.8, 4) is 5.75 Å². The molecule has 1 nitrogen and oxygen atoms in total. The highest BCUT2D eigenvalue weighted by Gasteiger charge is 2.00. The Balaban J connectivity index is 1.50. The van der Waals surface area contributed by atoms with E-state index in [0.717, 1.165) is 21.7 Å². The lowest BCUT2D eigenvalue weighted by molar-refractivity contribution is 0.414. The largest absolute Gasteiger partial charge is 0.497 e. The summed E-state index contributed by atoms with van der Waals surface area (Å²) < 4.78 is 5.29. The third-order valence-corrected chi connectivity index (χ3v) is 7.20. The van der Waals surface area contributed by atoms with Crippen molar-refractivity contribution in [3.05, 3.63) is 71.3 Å². The summed E-state index contributed by atoms with van der Waals surface area (Å²) in [6, 6.07) is 16.8. The third kappa shape index (κ3) is 13.7. The molecule has 0 aliphatic rings. The summed E-state index contributed by atoms with van der Waals surface area (Å²) in [5, 5.41) is 0. The second-order valence-corrected chi connectivity index (χ2v) is 10.3. The maximum Gasteiger partial charge on any atom is 0.119 e. The average Bonchev–Trinajstić information content (AvgIpc) is 2.90. The first kappa shape index (κ1) is 29.3. The van der Waals surface area contributed by atoms with E-state index in [4.69, 9.17) is 17.0 Å². The average molecular weight is 493 g/mol. The van der Waals surface area contributed by atoms with Gasteiger partial charge in [-0.2, -0.15) is 0 Å². The molecule has 0 saturated carbocycles. The van der Waals surface area contributed by atoms with E-state index in [1.807, 2.05) is 30.4 Å². The minimum absolute atomic E-state index is 0.862. The summed E-state index contributed by atoms with van der Waals surface area (Å²) in [4.78, 5) is 0.867. The Morgan fingerprint density at radius 3 is 1.80 bits per heavy atom. The first-order chi connectivity index (χ1) is 17.2. The van der Waals surface area contributed by atoms with E-state index in [0.29, 0.717) is 0 Å². The van der Waals surface area contributed by atoms with Gasteiger partial charge in [-0.05, 0) is 47.7 Å². The molecule has 0 aromatic heterocycles. The van der Waals surface area contributed by atoms with Crippen LogP contribution in [0.25, 0.3) is 6.08 Å². The summed E-state index contributed by atoms with van der Waals surface area (Å²) in [6.07, 6.45) is 26.4. The SMILES string of the molecule is CCCCCCCCCCCCCCCCCc1ccc(C(=S)C=Cc2cccc(OC)c2)cc1. The van der Waals surface area contributed by atoms with Gasteiger partial charge in [-0.25, -0.2) is 0 Å².